The number of hydrogen-bond acceptors (Lipinski definition) is 7. The first-order valence-corrected chi connectivity index (χ1v) is 10.4. The van der Waals surface area contributed by atoms with Crippen LogP contribution in [-0.4, -0.2) is 45.1 Å². The van der Waals surface area contributed by atoms with Crippen LogP contribution in [0.4, 0.5) is 10.7 Å². The summed E-state index contributed by atoms with van der Waals surface area (Å²) in [6.45, 7) is 0.294. The highest BCUT2D eigenvalue weighted by atomic mass is 32.1. The number of nitrogens with two attached hydrogens (primary N) is 1. The molecule has 0 atom stereocenters. The van der Waals surface area contributed by atoms with Gasteiger partial charge >= 0.3 is 5.97 Å². The van der Waals surface area contributed by atoms with E-state index in [0.29, 0.717) is 22.9 Å². The molecule has 1 aromatic heterocycles. The predicted molar refractivity (Wildman–Crippen MR) is 115 cm³/mol. The number of nitrogens with one attached hydrogen (secondary N) is 1. The van der Waals surface area contributed by atoms with Gasteiger partial charge in [-0.15, -0.1) is 11.3 Å². The third kappa shape index (κ3) is 4.91. The molecule has 0 aliphatic heterocycles. The quantitative estimate of drug-likeness (QED) is 0.590. The number of esters is 1. The molecule has 30 heavy (non-hydrogen) atoms. The van der Waals surface area contributed by atoms with E-state index in [4.69, 9.17) is 15.2 Å². The number of methoxy groups -OCH3 is 2. The zero-order valence-corrected chi connectivity index (χ0v) is 17.8. The molecule has 0 radical (unpaired) electrons. The molecule has 1 aliphatic rings. The maximum absolute atomic E-state index is 12.8. The normalized spacial score (nSPS) is 12.2. The summed E-state index contributed by atoms with van der Waals surface area (Å²) in [5.41, 5.74) is 7.48. The van der Waals surface area contributed by atoms with Crippen molar-refractivity contribution < 1.29 is 23.9 Å². The summed E-state index contributed by atoms with van der Waals surface area (Å²) in [5, 5.41) is 3.38. The van der Waals surface area contributed by atoms with E-state index in [1.807, 2.05) is 12.1 Å². The molecule has 9 heteroatoms. The minimum Gasteiger partial charge on any atom is -0.497 e. The number of ether oxygens (including phenoxy) is 2. The van der Waals surface area contributed by atoms with Crippen LogP contribution in [0.5, 0.6) is 5.75 Å². The van der Waals surface area contributed by atoms with Crippen LogP contribution in [0.15, 0.2) is 24.3 Å². The summed E-state index contributed by atoms with van der Waals surface area (Å²) in [7, 11) is 2.91. The molecular formula is C21H25N3O5S. The van der Waals surface area contributed by atoms with E-state index < -0.39 is 11.9 Å². The fourth-order valence-electron chi connectivity index (χ4n) is 3.49. The fourth-order valence-corrected chi connectivity index (χ4v) is 4.78. The number of aryl methyl sites for hydroxylation is 1. The van der Waals surface area contributed by atoms with Crippen LogP contribution in [0.3, 0.4) is 0 Å². The lowest BCUT2D eigenvalue weighted by atomic mass is 10.1. The van der Waals surface area contributed by atoms with Crippen LogP contribution < -0.4 is 20.7 Å². The van der Waals surface area contributed by atoms with Crippen molar-refractivity contribution in [1.29, 1.82) is 0 Å². The molecule has 0 unspecified atom stereocenters. The Kier molecular flexibility index (Phi) is 6.94. The molecule has 0 spiro atoms. The van der Waals surface area contributed by atoms with Crippen molar-refractivity contribution in [3.8, 4) is 5.75 Å². The molecule has 1 heterocycles. The van der Waals surface area contributed by atoms with Crippen LogP contribution >= 0.6 is 11.3 Å². The molecule has 2 aromatic rings. The van der Waals surface area contributed by atoms with Gasteiger partial charge in [0.15, 0.2) is 0 Å². The zero-order chi connectivity index (χ0) is 21.7. The highest BCUT2D eigenvalue weighted by molar-refractivity contribution is 7.17. The third-order valence-corrected chi connectivity index (χ3v) is 6.17. The maximum atomic E-state index is 12.8. The topological polar surface area (TPSA) is 111 Å². The first-order chi connectivity index (χ1) is 14.4. The molecule has 0 bridgehead atoms. The SMILES string of the molecule is COC(=O)c1c(NC(=O)CN(CCC(N)=O)c2ccc(OC)cc2)sc2c1CCC2. The van der Waals surface area contributed by atoms with Crippen molar-refractivity contribution in [3.63, 3.8) is 0 Å². The summed E-state index contributed by atoms with van der Waals surface area (Å²) >= 11 is 1.42. The number of amides is 2. The van der Waals surface area contributed by atoms with Crippen molar-refractivity contribution >= 4 is 39.8 Å². The number of nitrogens with zero attached hydrogens (tertiary/aromatic N) is 1. The van der Waals surface area contributed by atoms with Crippen molar-refractivity contribution in [2.75, 3.05) is 37.5 Å². The molecule has 160 valence electrons. The fraction of sp³-hybridized carbons (Fsp3) is 0.381. The summed E-state index contributed by atoms with van der Waals surface area (Å²) in [5.74, 6) is -0.490. The Morgan fingerprint density at radius 2 is 1.90 bits per heavy atom. The summed E-state index contributed by atoms with van der Waals surface area (Å²) in [6.07, 6.45) is 2.82. The lowest BCUT2D eigenvalue weighted by Gasteiger charge is -2.24. The number of fused-ring (bicyclic) bond motifs is 1. The van der Waals surface area contributed by atoms with Crippen molar-refractivity contribution in [2.45, 2.75) is 25.7 Å². The van der Waals surface area contributed by atoms with E-state index in [-0.39, 0.29) is 18.9 Å². The first-order valence-electron chi connectivity index (χ1n) is 9.63. The van der Waals surface area contributed by atoms with Crippen molar-refractivity contribution in [3.05, 3.63) is 40.3 Å². The molecule has 3 N–H and O–H groups in total. The van der Waals surface area contributed by atoms with Gasteiger partial charge in [-0.3, -0.25) is 9.59 Å². The summed E-state index contributed by atoms with van der Waals surface area (Å²) in [4.78, 5) is 39.2. The number of primary amides is 1. The van der Waals surface area contributed by atoms with Crippen LogP contribution in [-0.2, 0) is 27.2 Å². The highest BCUT2D eigenvalue weighted by Crippen LogP contribution is 2.39. The van der Waals surface area contributed by atoms with E-state index in [2.05, 4.69) is 5.32 Å². The Bertz CT molecular complexity index is 939. The number of carbonyl (C=O) groups excluding carboxylic acids is 3. The van der Waals surface area contributed by atoms with Crippen molar-refractivity contribution in [1.82, 2.24) is 0 Å². The molecule has 1 aliphatic carbocycles. The van der Waals surface area contributed by atoms with Gasteiger partial charge in [0.1, 0.15) is 10.8 Å². The van der Waals surface area contributed by atoms with E-state index in [0.717, 1.165) is 35.4 Å². The minimum atomic E-state index is -0.448. The second-order valence-electron chi connectivity index (χ2n) is 6.94. The van der Waals surface area contributed by atoms with Gasteiger partial charge in [0.05, 0.1) is 26.3 Å². The second kappa shape index (κ2) is 9.62. The average Bonchev–Trinajstić information content (AvgIpc) is 3.31. The van der Waals surface area contributed by atoms with Gasteiger partial charge in [0.25, 0.3) is 0 Å². The van der Waals surface area contributed by atoms with Gasteiger partial charge < -0.3 is 25.4 Å². The number of carbonyl (C=O) groups is 3. The number of hydrogen-bond donors (Lipinski definition) is 2. The van der Waals surface area contributed by atoms with E-state index in [1.54, 1.807) is 24.1 Å². The molecule has 0 fully saturated rings. The van der Waals surface area contributed by atoms with Crippen molar-refractivity contribution in [2.24, 2.45) is 5.73 Å². The van der Waals surface area contributed by atoms with Crippen LogP contribution in [0.25, 0.3) is 0 Å². The van der Waals surface area contributed by atoms with Gasteiger partial charge in [0, 0.05) is 23.5 Å². The summed E-state index contributed by atoms with van der Waals surface area (Å²) < 4.78 is 10.1. The van der Waals surface area contributed by atoms with Gasteiger partial charge in [-0.2, -0.15) is 0 Å². The zero-order valence-electron chi connectivity index (χ0n) is 17.0. The Morgan fingerprint density at radius 3 is 2.53 bits per heavy atom. The molecule has 2 amide bonds. The molecule has 3 rings (SSSR count). The number of anilines is 2. The lowest BCUT2D eigenvalue weighted by molar-refractivity contribution is -0.118. The monoisotopic (exact) mass is 431 g/mol. The summed E-state index contributed by atoms with van der Waals surface area (Å²) in [6, 6.07) is 7.19. The maximum Gasteiger partial charge on any atom is 0.341 e. The average molecular weight is 432 g/mol. The largest absolute Gasteiger partial charge is 0.497 e. The molecule has 1 aromatic carbocycles. The van der Waals surface area contributed by atoms with Gasteiger partial charge in [-0.05, 0) is 49.1 Å². The van der Waals surface area contributed by atoms with E-state index in [1.165, 1.54) is 18.4 Å². The Labute approximate surface area is 178 Å². The van der Waals surface area contributed by atoms with Crippen LogP contribution in [0, 0.1) is 0 Å². The highest BCUT2D eigenvalue weighted by Gasteiger charge is 2.28. The molecular weight excluding hydrogens is 406 g/mol. The Morgan fingerprint density at radius 1 is 1.17 bits per heavy atom. The first kappa shape index (κ1) is 21.6. The smallest absolute Gasteiger partial charge is 0.341 e. The van der Waals surface area contributed by atoms with E-state index in [9.17, 15) is 14.4 Å². The number of rotatable bonds is 9. The molecule has 0 saturated heterocycles. The predicted octanol–water partition coefficient (Wildman–Crippen LogP) is 2.35. The third-order valence-electron chi connectivity index (χ3n) is 4.96. The van der Waals surface area contributed by atoms with Gasteiger partial charge in [-0.1, -0.05) is 0 Å². The standard InChI is InChI=1S/C21H25N3O5S/c1-28-14-8-6-13(7-9-14)24(11-10-17(22)25)12-18(26)23-20-19(21(27)29-2)15-4-3-5-16(15)30-20/h6-9H,3-5,10-12H2,1-2H3,(H2,22,25)(H,23,26). The Balaban J connectivity index is 1.77. The van der Waals surface area contributed by atoms with Crippen LogP contribution in [0.1, 0.15) is 33.6 Å². The molecule has 8 nitrogen and oxygen atoms in total. The van der Waals surface area contributed by atoms with Gasteiger partial charge in [0.2, 0.25) is 11.8 Å². The van der Waals surface area contributed by atoms with Crippen LogP contribution in [0.2, 0.25) is 0 Å². The Hall–Kier alpha value is -3.07. The minimum absolute atomic E-state index is 0.00277. The number of thiophene rings is 1. The lowest BCUT2D eigenvalue weighted by Crippen LogP contribution is -2.35. The number of benzene rings is 1. The van der Waals surface area contributed by atoms with E-state index >= 15 is 0 Å². The van der Waals surface area contributed by atoms with Gasteiger partial charge in [-0.25, -0.2) is 4.79 Å². The second-order valence-corrected chi connectivity index (χ2v) is 8.04. The molecule has 0 saturated carbocycles.